The van der Waals surface area contributed by atoms with E-state index >= 15 is 0 Å². The third-order valence-corrected chi connectivity index (χ3v) is 3.73. The van der Waals surface area contributed by atoms with E-state index in [2.05, 4.69) is 0 Å². The summed E-state index contributed by atoms with van der Waals surface area (Å²) in [5.41, 5.74) is -1.35. The lowest BCUT2D eigenvalue weighted by Gasteiger charge is -2.08. The predicted octanol–water partition coefficient (Wildman–Crippen LogP) is 3.05. The normalized spacial score (nSPS) is 11.4. The first-order valence-corrected chi connectivity index (χ1v) is 4.93. The maximum absolute atomic E-state index is 11.1. The van der Waals surface area contributed by atoms with Crippen molar-refractivity contribution in [3.63, 3.8) is 0 Å². The van der Waals surface area contributed by atoms with E-state index < -0.39 is 10.9 Å². The van der Waals surface area contributed by atoms with Crippen molar-refractivity contribution >= 4 is 57.2 Å². The van der Waals surface area contributed by atoms with E-state index in [4.69, 9.17) is 46.4 Å². The van der Waals surface area contributed by atoms with E-state index in [1.807, 2.05) is 0 Å². The highest BCUT2D eigenvalue weighted by atomic mass is 35.5. The molecule has 14 heavy (non-hydrogen) atoms. The van der Waals surface area contributed by atoms with Crippen molar-refractivity contribution in [2.75, 3.05) is 0 Å². The zero-order valence-corrected chi connectivity index (χ0v) is 9.35. The van der Waals surface area contributed by atoms with Crippen LogP contribution in [0.25, 0.3) is 10.8 Å². The molecule has 6 heteroatoms. The summed E-state index contributed by atoms with van der Waals surface area (Å²) in [7, 11) is 0. The summed E-state index contributed by atoms with van der Waals surface area (Å²) in [6.07, 6.45) is 0. The van der Waals surface area contributed by atoms with Crippen LogP contribution >= 0.6 is 46.4 Å². The van der Waals surface area contributed by atoms with E-state index in [-0.39, 0.29) is 30.9 Å². The third kappa shape index (κ3) is 1.06. The van der Waals surface area contributed by atoms with Crippen molar-refractivity contribution in [2.45, 2.75) is 0 Å². The molecule has 0 saturated heterocycles. The lowest BCUT2D eigenvalue weighted by Crippen LogP contribution is -2.31. The van der Waals surface area contributed by atoms with Crippen molar-refractivity contribution in [1.82, 2.24) is 0 Å². The first kappa shape index (κ1) is 10.2. The maximum Gasteiger partial charge on any atom is 0.235 e. The summed E-state index contributed by atoms with van der Waals surface area (Å²) in [5.74, 6) is 0. The minimum absolute atomic E-state index is 0.00191. The first-order chi connectivity index (χ1) is 6.46. The Kier molecular flexibility index (Phi) is 2.27. The van der Waals surface area contributed by atoms with Gasteiger partial charge in [0.05, 0.1) is 30.9 Å². The van der Waals surface area contributed by atoms with Crippen LogP contribution in [0.3, 0.4) is 0 Å². The standard InChI is InChI=1S/C8Cl4O2/c9-3-1-2(8(14)7(1)13)4(10)6(12)5(3)11. The molecule has 2 aromatic carbocycles. The zero-order valence-electron chi connectivity index (χ0n) is 6.33. The van der Waals surface area contributed by atoms with Crippen LogP contribution in [0.1, 0.15) is 0 Å². The Morgan fingerprint density at radius 2 is 0.857 bits per heavy atom. The molecular formula is C8Cl4O2. The Morgan fingerprint density at radius 1 is 0.571 bits per heavy atom. The topological polar surface area (TPSA) is 34.1 Å². The second-order valence-corrected chi connectivity index (χ2v) is 4.18. The summed E-state index contributed by atoms with van der Waals surface area (Å²) in [5, 5.41) is 0.101. The Labute approximate surface area is 97.6 Å². The second kappa shape index (κ2) is 3.11. The van der Waals surface area contributed by atoms with Crippen LogP contribution in [0.5, 0.6) is 0 Å². The minimum atomic E-state index is -0.675. The van der Waals surface area contributed by atoms with Gasteiger partial charge in [-0.15, -0.1) is 0 Å². The van der Waals surface area contributed by atoms with E-state index in [0.717, 1.165) is 0 Å². The van der Waals surface area contributed by atoms with Gasteiger partial charge in [0.2, 0.25) is 10.9 Å². The van der Waals surface area contributed by atoms with Gasteiger partial charge in [-0.1, -0.05) is 46.4 Å². The van der Waals surface area contributed by atoms with Crippen LogP contribution < -0.4 is 10.9 Å². The van der Waals surface area contributed by atoms with Gasteiger partial charge >= 0.3 is 0 Å². The average Bonchev–Trinajstić information content (AvgIpc) is 2.18. The smallest absolute Gasteiger partial charge is 0.235 e. The summed E-state index contributed by atoms with van der Waals surface area (Å²) >= 11 is 22.8. The summed E-state index contributed by atoms with van der Waals surface area (Å²) in [4.78, 5) is 22.2. The molecule has 0 heterocycles. The molecule has 0 amide bonds. The van der Waals surface area contributed by atoms with Crippen LogP contribution in [0.15, 0.2) is 9.59 Å². The Bertz CT molecular complexity index is 567. The van der Waals surface area contributed by atoms with Crippen LogP contribution in [0.4, 0.5) is 0 Å². The van der Waals surface area contributed by atoms with Crippen molar-refractivity contribution < 1.29 is 0 Å². The average molecular weight is 270 g/mol. The van der Waals surface area contributed by atoms with Crippen molar-refractivity contribution in [3.05, 3.63) is 40.5 Å². The zero-order chi connectivity index (χ0) is 10.6. The molecule has 72 valence electrons. The highest BCUT2D eigenvalue weighted by Gasteiger charge is 2.24. The monoisotopic (exact) mass is 268 g/mol. The van der Waals surface area contributed by atoms with E-state index in [0.29, 0.717) is 0 Å². The van der Waals surface area contributed by atoms with Gasteiger partial charge in [-0.05, 0) is 0 Å². The number of rotatable bonds is 0. The lowest BCUT2D eigenvalue weighted by atomic mass is 10.1. The van der Waals surface area contributed by atoms with Crippen LogP contribution in [0, 0.1) is 0 Å². The molecule has 2 rings (SSSR count). The Balaban J connectivity index is 3.13. The molecular weight excluding hydrogens is 270 g/mol. The fourth-order valence-corrected chi connectivity index (χ4v) is 2.25. The van der Waals surface area contributed by atoms with E-state index in [1.165, 1.54) is 0 Å². The Hall–Kier alpha value is -0.280. The fraction of sp³-hybridized carbons (Fsp3) is 0. The molecule has 0 aliphatic heterocycles. The summed E-state index contributed by atoms with van der Waals surface area (Å²) in [6, 6.07) is 0. The molecule has 2 aromatic rings. The van der Waals surface area contributed by atoms with Gasteiger partial charge < -0.3 is 0 Å². The maximum atomic E-state index is 11.1. The van der Waals surface area contributed by atoms with E-state index in [1.54, 1.807) is 0 Å². The van der Waals surface area contributed by atoms with Crippen molar-refractivity contribution in [2.24, 2.45) is 0 Å². The largest absolute Gasteiger partial charge is 0.285 e. The van der Waals surface area contributed by atoms with Gasteiger partial charge in [0.25, 0.3) is 0 Å². The van der Waals surface area contributed by atoms with Gasteiger partial charge in [-0.2, -0.15) is 0 Å². The van der Waals surface area contributed by atoms with Gasteiger partial charge in [-0.25, -0.2) is 0 Å². The van der Waals surface area contributed by atoms with Crippen molar-refractivity contribution in [3.8, 4) is 0 Å². The molecule has 0 N–H and O–H groups in total. The number of benzene rings is 1. The van der Waals surface area contributed by atoms with Crippen LogP contribution in [-0.2, 0) is 0 Å². The molecule has 2 nitrogen and oxygen atoms in total. The number of hydrogen-bond acceptors (Lipinski definition) is 2. The van der Waals surface area contributed by atoms with Gasteiger partial charge in [0.15, 0.2) is 0 Å². The number of halogens is 4. The lowest BCUT2D eigenvalue weighted by molar-refractivity contribution is 1.53. The Morgan fingerprint density at radius 3 is 1.14 bits per heavy atom. The van der Waals surface area contributed by atoms with E-state index in [9.17, 15) is 9.59 Å². The highest BCUT2D eigenvalue weighted by molar-refractivity contribution is 6.55. The molecule has 0 atom stereocenters. The number of hydrogen-bond donors (Lipinski definition) is 0. The minimum Gasteiger partial charge on any atom is -0.285 e. The highest BCUT2D eigenvalue weighted by Crippen LogP contribution is 2.41. The fourth-order valence-electron chi connectivity index (χ4n) is 1.22. The molecule has 0 saturated carbocycles. The predicted molar refractivity (Wildman–Crippen MR) is 58.9 cm³/mol. The second-order valence-electron chi connectivity index (χ2n) is 2.66. The van der Waals surface area contributed by atoms with Gasteiger partial charge in [-0.3, -0.25) is 9.59 Å². The van der Waals surface area contributed by atoms with Crippen molar-refractivity contribution in [1.29, 1.82) is 0 Å². The first-order valence-electron chi connectivity index (χ1n) is 3.41. The number of fused-ring (bicyclic) bond motifs is 1. The molecule has 0 aliphatic rings. The third-order valence-electron chi connectivity index (χ3n) is 1.93. The quantitative estimate of drug-likeness (QED) is 0.419. The van der Waals surface area contributed by atoms with Crippen LogP contribution in [-0.4, -0.2) is 0 Å². The molecule has 0 aromatic heterocycles. The molecule has 0 fully saturated rings. The summed E-state index contributed by atoms with van der Waals surface area (Å²) < 4.78 is 0. The molecule has 0 bridgehead atoms. The molecule has 0 radical (unpaired) electrons. The SMILES string of the molecule is O=c1c(=O)c2c(Cl)c(Cl)c(Cl)c(Cl)c12. The van der Waals surface area contributed by atoms with Crippen LogP contribution in [0.2, 0.25) is 20.1 Å². The molecule has 0 unspecified atom stereocenters. The van der Waals surface area contributed by atoms with Gasteiger partial charge in [0, 0.05) is 0 Å². The molecule has 0 spiro atoms. The molecule has 0 aliphatic carbocycles. The summed E-state index contributed by atoms with van der Waals surface area (Å²) in [6.45, 7) is 0. The van der Waals surface area contributed by atoms with Gasteiger partial charge in [0.1, 0.15) is 0 Å².